The second-order valence-electron chi connectivity index (χ2n) is 3.73. The van der Waals surface area contributed by atoms with Gasteiger partial charge in [0.1, 0.15) is 0 Å². The Labute approximate surface area is 99.8 Å². The lowest BCUT2D eigenvalue weighted by atomic mass is 10.2. The highest BCUT2D eigenvalue weighted by Gasteiger charge is 2.02. The minimum atomic E-state index is -0.878. The SMILES string of the molecule is Cc1ccc(NC(=O)CNCCC(=O)O)cc1. The van der Waals surface area contributed by atoms with Crippen molar-refractivity contribution in [3.05, 3.63) is 29.8 Å². The van der Waals surface area contributed by atoms with E-state index in [1.54, 1.807) is 0 Å². The average molecular weight is 236 g/mol. The number of aliphatic carboxylic acids is 1. The molecule has 0 aliphatic heterocycles. The molecule has 0 spiro atoms. The standard InChI is InChI=1S/C12H16N2O3/c1-9-2-4-10(5-3-9)14-11(15)8-13-7-6-12(16)17/h2-5,13H,6-8H2,1H3,(H,14,15)(H,16,17). The molecule has 0 saturated heterocycles. The lowest BCUT2D eigenvalue weighted by Crippen LogP contribution is -2.29. The van der Waals surface area contributed by atoms with E-state index in [9.17, 15) is 9.59 Å². The van der Waals surface area contributed by atoms with Gasteiger partial charge in [-0.3, -0.25) is 9.59 Å². The van der Waals surface area contributed by atoms with E-state index in [-0.39, 0.29) is 25.4 Å². The van der Waals surface area contributed by atoms with Crippen LogP contribution in [0, 0.1) is 6.92 Å². The first-order valence-electron chi connectivity index (χ1n) is 5.37. The van der Waals surface area contributed by atoms with Gasteiger partial charge in [0.05, 0.1) is 13.0 Å². The number of benzene rings is 1. The Morgan fingerprint density at radius 3 is 2.47 bits per heavy atom. The van der Waals surface area contributed by atoms with Crippen molar-refractivity contribution in [2.75, 3.05) is 18.4 Å². The van der Waals surface area contributed by atoms with Crippen LogP contribution in [-0.2, 0) is 9.59 Å². The maximum absolute atomic E-state index is 11.4. The van der Waals surface area contributed by atoms with Crippen molar-refractivity contribution in [2.24, 2.45) is 0 Å². The van der Waals surface area contributed by atoms with Crippen LogP contribution >= 0.6 is 0 Å². The molecule has 0 unspecified atom stereocenters. The number of carboxylic acids is 1. The molecule has 1 rings (SSSR count). The summed E-state index contributed by atoms with van der Waals surface area (Å²) in [5.41, 5.74) is 1.86. The minimum absolute atomic E-state index is 0.0117. The highest BCUT2D eigenvalue weighted by Crippen LogP contribution is 2.07. The minimum Gasteiger partial charge on any atom is -0.481 e. The lowest BCUT2D eigenvalue weighted by Gasteiger charge is -2.06. The third kappa shape index (κ3) is 5.67. The second kappa shape index (κ2) is 6.65. The van der Waals surface area contributed by atoms with E-state index in [4.69, 9.17) is 5.11 Å². The summed E-state index contributed by atoms with van der Waals surface area (Å²) in [5, 5.41) is 13.9. The van der Waals surface area contributed by atoms with Gasteiger partial charge < -0.3 is 15.7 Å². The van der Waals surface area contributed by atoms with E-state index in [2.05, 4.69) is 10.6 Å². The van der Waals surface area contributed by atoms with Crippen molar-refractivity contribution < 1.29 is 14.7 Å². The molecule has 5 heteroatoms. The van der Waals surface area contributed by atoms with Crippen LogP contribution in [0.15, 0.2) is 24.3 Å². The fourth-order valence-electron chi connectivity index (χ4n) is 1.24. The molecule has 0 heterocycles. The molecule has 17 heavy (non-hydrogen) atoms. The van der Waals surface area contributed by atoms with Crippen molar-refractivity contribution in [1.82, 2.24) is 5.32 Å². The molecule has 0 atom stereocenters. The number of amides is 1. The molecular formula is C12H16N2O3. The zero-order valence-corrected chi connectivity index (χ0v) is 9.69. The molecule has 0 aliphatic rings. The number of carboxylic acid groups (broad SMARTS) is 1. The van der Waals surface area contributed by atoms with Crippen LogP contribution in [0.4, 0.5) is 5.69 Å². The van der Waals surface area contributed by atoms with Gasteiger partial charge in [-0.05, 0) is 19.1 Å². The van der Waals surface area contributed by atoms with Gasteiger partial charge in [0, 0.05) is 12.2 Å². The predicted molar refractivity (Wildman–Crippen MR) is 64.9 cm³/mol. The Kier molecular flexibility index (Phi) is 5.16. The molecule has 92 valence electrons. The molecule has 3 N–H and O–H groups in total. The number of nitrogens with one attached hydrogen (secondary N) is 2. The summed E-state index contributed by atoms with van der Waals surface area (Å²) in [6.07, 6.45) is 0.0117. The number of rotatable bonds is 6. The molecule has 0 radical (unpaired) electrons. The number of carbonyl (C=O) groups excluding carboxylic acids is 1. The topological polar surface area (TPSA) is 78.4 Å². The summed E-state index contributed by atoms with van der Waals surface area (Å²) < 4.78 is 0. The van der Waals surface area contributed by atoms with E-state index in [1.807, 2.05) is 31.2 Å². The summed E-state index contributed by atoms with van der Waals surface area (Å²) in [4.78, 5) is 21.6. The summed E-state index contributed by atoms with van der Waals surface area (Å²) in [7, 11) is 0. The van der Waals surface area contributed by atoms with Crippen LogP contribution in [-0.4, -0.2) is 30.1 Å². The molecule has 0 saturated carbocycles. The predicted octanol–water partition coefficient (Wildman–Crippen LogP) is 0.998. The van der Waals surface area contributed by atoms with Crippen LogP contribution in [0.5, 0.6) is 0 Å². The van der Waals surface area contributed by atoms with Crippen LogP contribution < -0.4 is 10.6 Å². The summed E-state index contributed by atoms with van der Waals surface area (Å²) >= 11 is 0. The lowest BCUT2D eigenvalue weighted by molar-refractivity contribution is -0.137. The van der Waals surface area contributed by atoms with Crippen molar-refractivity contribution in [3.63, 3.8) is 0 Å². The maximum Gasteiger partial charge on any atom is 0.304 e. The summed E-state index contributed by atoms with van der Waals surface area (Å²) in [6, 6.07) is 7.47. The first-order valence-corrected chi connectivity index (χ1v) is 5.37. The van der Waals surface area contributed by atoms with Crippen LogP contribution in [0.25, 0.3) is 0 Å². The monoisotopic (exact) mass is 236 g/mol. The fraction of sp³-hybridized carbons (Fsp3) is 0.333. The normalized spacial score (nSPS) is 9.94. The molecule has 0 aromatic heterocycles. The second-order valence-corrected chi connectivity index (χ2v) is 3.73. The zero-order valence-electron chi connectivity index (χ0n) is 9.69. The zero-order chi connectivity index (χ0) is 12.7. The van der Waals surface area contributed by atoms with Crippen LogP contribution in [0.2, 0.25) is 0 Å². The highest BCUT2D eigenvalue weighted by atomic mass is 16.4. The Bertz CT molecular complexity index is 387. The van der Waals surface area contributed by atoms with Crippen LogP contribution in [0.1, 0.15) is 12.0 Å². The molecule has 0 aliphatic carbocycles. The first-order chi connectivity index (χ1) is 8.08. The van der Waals surface area contributed by atoms with Gasteiger partial charge in [0.2, 0.25) is 5.91 Å². The summed E-state index contributed by atoms with van der Waals surface area (Å²) in [5.74, 6) is -1.06. The van der Waals surface area contributed by atoms with E-state index >= 15 is 0 Å². The third-order valence-corrected chi connectivity index (χ3v) is 2.14. The Morgan fingerprint density at radius 1 is 1.24 bits per heavy atom. The van der Waals surface area contributed by atoms with E-state index in [1.165, 1.54) is 0 Å². The maximum atomic E-state index is 11.4. The molecule has 1 aromatic rings. The van der Waals surface area contributed by atoms with Gasteiger partial charge in [-0.25, -0.2) is 0 Å². The Hall–Kier alpha value is -1.88. The smallest absolute Gasteiger partial charge is 0.304 e. The Balaban J connectivity index is 2.25. The number of hydrogen-bond donors (Lipinski definition) is 3. The van der Waals surface area contributed by atoms with Crippen molar-refractivity contribution >= 4 is 17.6 Å². The third-order valence-electron chi connectivity index (χ3n) is 2.14. The van der Waals surface area contributed by atoms with Gasteiger partial charge in [-0.2, -0.15) is 0 Å². The number of anilines is 1. The van der Waals surface area contributed by atoms with Crippen molar-refractivity contribution in [2.45, 2.75) is 13.3 Å². The van der Waals surface area contributed by atoms with Gasteiger partial charge in [-0.15, -0.1) is 0 Å². The van der Waals surface area contributed by atoms with Gasteiger partial charge in [0.25, 0.3) is 0 Å². The number of hydrogen-bond acceptors (Lipinski definition) is 3. The fourth-order valence-corrected chi connectivity index (χ4v) is 1.24. The molecular weight excluding hydrogens is 220 g/mol. The quantitative estimate of drug-likeness (QED) is 0.644. The van der Waals surface area contributed by atoms with E-state index in [0.717, 1.165) is 11.3 Å². The van der Waals surface area contributed by atoms with Gasteiger partial charge >= 0.3 is 5.97 Å². The van der Waals surface area contributed by atoms with Crippen LogP contribution in [0.3, 0.4) is 0 Å². The van der Waals surface area contributed by atoms with E-state index < -0.39 is 5.97 Å². The molecule has 5 nitrogen and oxygen atoms in total. The molecule has 0 fully saturated rings. The highest BCUT2D eigenvalue weighted by molar-refractivity contribution is 5.92. The molecule has 1 aromatic carbocycles. The number of carbonyl (C=O) groups is 2. The molecule has 0 bridgehead atoms. The largest absolute Gasteiger partial charge is 0.481 e. The van der Waals surface area contributed by atoms with Crippen molar-refractivity contribution in [3.8, 4) is 0 Å². The summed E-state index contributed by atoms with van der Waals surface area (Å²) in [6.45, 7) is 2.37. The van der Waals surface area contributed by atoms with Crippen molar-refractivity contribution in [1.29, 1.82) is 0 Å². The van der Waals surface area contributed by atoms with Gasteiger partial charge in [-0.1, -0.05) is 17.7 Å². The first kappa shape index (κ1) is 13.2. The average Bonchev–Trinajstić information content (AvgIpc) is 2.27. The van der Waals surface area contributed by atoms with Gasteiger partial charge in [0.15, 0.2) is 0 Å². The molecule has 1 amide bonds. The number of aryl methyl sites for hydroxylation is 1. The Morgan fingerprint density at radius 2 is 1.88 bits per heavy atom. The van der Waals surface area contributed by atoms with E-state index in [0.29, 0.717) is 0 Å².